The van der Waals surface area contributed by atoms with Crippen molar-refractivity contribution in [3.8, 4) is 0 Å². The summed E-state index contributed by atoms with van der Waals surface area (Å²) in [6.45, 7) is 3.85. The third kappa shape index (κ3) is 4.80. The monoisotopic (exact) mass is 327 g/mol. The van der Waals surface area contributed by atoms with Crippen LogP contribution in [0, 0.1) is 0 Å². The summed E-state index contributed by atoms with van der Waals surface area (Å²) in [6, 6.07) is 3.39. The van der Waals surface area contributed by atoms with Gasteiger partial charge in [0.15, 0.2) is 0 Å². The highest BCUT2D eigenvalue weighted by atomic mass is 35.5. The van der Waals surface area contributed by atoms with E-state index in [0.717, 1.165) is 0 Å². The van der Waals surface area contributed by atoms with Gasteiger partial charge in [-0.15, -0.1) is 0 Å². The fourth-order valence-corrected chi connectivity index (χ4v) is 2.20. The second kappa shape index (κ2) is 8.88. The van der Waals surface area contributed by atoms with Crippen LogP contribution in [0.3, 0.4) is 0 Å². The van der Waals surface area contributed by atoms with Gasteiger partial charge in [0.05, 0.1) is 6.61 Å². The Morgan fingerprint density at radius 2 is 2.09 bits per heavy atom. The van der Waals surface area contributed by atoms with E-state index in [1.54, 1.807) is 52.5 Å². The van der Waals surface area contributed by atoms with Crippen LogP contribution in [-0.4, -0.2) is 31.8 Å². The lowest BCUT2D eigenvalue weighted by atomic mass is 10.0. The summed E-state index contributed by atoms with van der Waals surface area (Å²) >= 11 is 6.00. The molecular formula is C16H22ClNO4. The minimum atomic E-state index is -1.00. The average molecular weight is 328 g/mol. The molecular weight excluding hydrogens is 306 g/mol. The zero-order chi connectivity index (χ0) is 16.6. The zero-order valence-corrected chi connectivity index (χ0v) is 14.1. The van der Waals surface area contributed by atoms with Gasteiger partial charge in [0.1, 0.15) is 5.69 Å². The van der Waals surface area contributed by atoms with Crippen molar-refractivity contribution in [3.63, 3.8) is 0 Å². The first-order valence-electron chi connectivity index (χ1n) is 7.05. The molecule has 0 aliphatic rings. The van der Waals surface area contributed by atoms with E-state index in [-0.39, 0.29) is 5.97 Å². The van der Waals surface area contributed by atoms with Gasteiger partial charge in [0.2, 0.25) is 5.79 Å². The first-order chi connectivity index (χ1) is 10.5. The molecule has 1 heterocycles. The van der Waals surface area contributed by atoms with Crippen molar-refractivity contribution in [2.24, 2.45) is 0 Å². The van der Waals surface area contributed by atoms with E-state index in [9.17, 15) is 4.79 Å². The molecule has 1 aromatic heterocycles. The number of methoxy groups -OCH3 is 2. The maximum Gasteiger partial charge on any atom is 0.333 e. The average Bonchev–Trinajstić information content (AvgIpc) is 2.52. The van der Waals surface area contributed by atoms with E-state index >= 15 is 0 Å². The Hall–Kier alpha value is -1.43. The molecule has 0 bridgehead atoms. The van der Waals surface area contributed by atoms with Crippen LogP contribution in [0.25, 0.3) is 0 Å². The van der Waals surface area contributed by atoms with E-state index < -0.39 is 5.79 Å². The van der Waals surface area contributed by atoms with Gasteiger partial charge in [-0.3, -0.25) is 4.98 Å². The fourth-order valence-electron chi connectivity index (χ4n) is 2.04. The Labute approximate surface area is 136 Å². The molecule has 0 radical (unpaired) electrons. The van der Waals surface area contributed by atoms with Crippen LogP contribution in [0.4, 0.5) is 0 Å². The molecule has 1 rings (SSSR count). The van der Waals surface area contributed by atoms with Gasteiger partial charge in [0.25, 0.3) is 0 Å². The van der Waals surface area contributed by atoms with Gasteiger partial charge in [-0.05, 0) is 32.4 Å². The molecule has 6 heteroatoms. The molecule has 22 heavy (non-hydrogen) atoms. The van der Waals surface area contributed by atoms with Gasteiger partial charge < -0.3 is 14.2 Å². The molecule has 0 amide bonds. The van der Waals surface area contributed by atoms with Crippen molar-refractivity contribution in [1.29, 1.82) is 0 Å². The Morgan fingerprint density at radius 3 is 2.64 bits per heavy atom. The lowest BCUT2D eigenvalue weighted by Gasteiger charge is -2.30. The minimum absolute atomic E-state index is 0.316. The summed E-state index contributed by atoms with van der Waals surface area (Å²) in [4.78, 5) is 15.8. The number of hydrogen-bond acceptors (Lipinski definition) is 5. The van der Waals surface area contributed by atoms with Crippen molar-refractivity contribution in [2.75, 3.05) is 20.8 Å². The second-order valence-electron chi connectivity index (χ2n) is 4.67. The summed E-state index contributed by atoms with van der Waals surface area (Å²) in [5, 5.41) is 0.557. The Morgan fingerprint density at radius 1 is 1.41 bits per heavy atom. The van der Waals surface area contributed by atoms with Crippen molar-refractivity contribution < 1.29 is 19.0 Å². The SMILES string of the molecule is CCOC(=O)C(C)=CCCC(OC)(OC)c1cc(Cl)ccn1. The van der Waals surface area contributed by atoms with Gasteiger partial charge in [-0.1, -0.05) is 17.7 Å². The molecule has 0 aliphatic heterocycles. The summed E-state index contributed by atoms with van der Waals surface area (Å²) < 4.78 is 16.0. The number of pyridine rings is 1. The largest absolute Gasteiger partial charge is 0.463 e. The summed E-state index contributed by atoms with van der Waals surface area (Å²) in [7, 11) is 3.10. The van der Waals surface area contributed by atoms with Crippen LogP contribution >= 0.6 is 11.6 Å². The normalized spacial score (nSPS) is 12.3. The lowest BCUT2D eigenvalue weighted by Crippen LogP contribution is -2.31. The van der Waals surface area contributed by atoms with Crippen LogP contribution in [-0.2, 0) is 24.8 Å². The predicted octanol–water partition coefficient (Wildman–Crippen LogP) is 3.47. The molecule has 1 aromatic rings. The molecule has 122 valence electrons. The van der Waals surface area contributed by atoms with Crippen LogP contribution < -0.4 is 0 Å². The number of hydrogen-bond donors (Lipinski definition) is 0. The molecule has 0 atom stereocenters. The Bertz CT molecular complexity index is 527. The quantitative estimate of drug-likeness (QED) is 0.415. The summed E-state index contributed by atoms with van der Waals surface area (Å²) in [6.07, 6.45) is 4.46. The predicted molar refractivity (Wildman–Crippen MR) is 84.6 cm³/mol. The molecule has 0 N–H and O–H groups in total. The van der Waals surface area contributed by atoms with Gasteiger partial charge >= 0.3 is 5.97 Å². The maximum absolute atomic E-state index is 11.6. The fraction of sp³-hybridized carbons (Fsp3) is 0.500. The van der Waals surface area contributed by atoms with Crippen LogP contribution in [0.5, 0.6) is 0 Å². The maximum atomic E-state index is 11.6. The first kappa shape index (κ1) is 18.6. The lowest BCUT2D eigenvalue weighted by molar-refractivity contribution is -0.222. The smallest absolute Gasteiger partial charge is 0.333 e. The van der Waals surface area contributed by atoms with E-state index in [1.165, 1.54) is 0 Å². The van der Waals surface area contributed by atoms with E-state index in [0.29, 0.717) is 35.7 Å². The zero-order valence-electron chi connectivity index (χ0n) is 13.4. The Kier molecular flexibility index (Phi) is 7.51. The number of halogens is 1. The number of allylic oxidation sites excluding steroid dienone is 1. The third-order valence-electron chi connectivity index (χ3n) is 3.29. The molecule has 5 nitrogen and oxygen atoms in total. The standard InChI is InChI=1S/C16H22ClNO4/c1-5-22-15(19)12(2)7-6-9-16(20-3,21-4)14-11-13(17)8-10-18-14/h7-8,10-11H,5-6,9H2,1-4H3. The molecule has 0 saturated carbocycles. The van der Waals surface area contributed by atoms with E-state index in [2.05, 4.69) is 4.98 Å². The van der Waals surface area contributed by atoms with Gasteiger partial charge in [-0.25, -0.2) is 4.79 Å². The summed E-state index contributed by atoms with van der Waals surface area (Å²) in [5.41, 5.74) is 1.15. The molecule has 0 unspecified atom stereocenters. The second-order valence-corrected chi connectivity index (χ2v) is 5.10. The topological polar surface area (TPSA) is 57.7 Å². The van der Waals surface area contributed by atoms with Crippen molar-refractivity contribution >= 4 is 17.6 Å². The number of carbonyl (C=O) groups excluding carboxylic acids is 1. The number of aromatic nitrogens is 1. The van der Waals surface area contributed by atoms with Gasteiger partial charge in [0, 0.05) is 37.4 Å². The number of ether oxygens (including phenoxy) is 3. The summed E-state index contributed by atoms with van der Waals surface area (Å²) in [5.74, 6) is -1.32. The van der Waals surface area contributed by atoms with Crippen LogP contribution in [0.2, 0.25) is 5.02 Å². The van der Waals surface area contributed by atoms with Crippen LogP contribution in [0.1, 0.15) is 32.4 Å². The molecule has 0 fully saturated rings. The van der Waals surface area contributed by atoms with Crippen molar-refractivity contribution in [1.82, 2.24) is 4.98 Å². The van der Waals surface area contributed by atoms with Crippen LogP contribution in [0.15, 0.2) is 30.0 Å². The van der Waals surface area contributed by atoms with Gasteiger partial charge in [-0.2, -0.15) is 0 Å². The van der Waals surface area contributed by atoms with E-state index in [4.69, 9.17) is 25.8 Å². The number of esters is 1. The van der Waals surface area contributed by atoms with Crippen molar-refractivity contribution in [2.45, 2.75) is 32.5 Å². The highest BCUT2D eigenvalue weighted by Gasteiger charge is 2.33. The highest BCUT2D eigenvalue weighted by molar-refractivity contribution is 6.30. The number of nitrogens with zero attached hydrogens (tertiary/aromatic N) is 1. The third-order valence-corrected chi connectivity index (χ3v) is 3.53. The Balaban J connectivity index is 2.85. The first-order valence-corrected chi connectivity index (χ1v) is 7.43. The molecule has 0 saturated heterocycles. The highest BCUT2D eigenvalue weighted by Crippen LogP contribution is 2.31. The molecule has 0 aromatic carbocycles. The molecule has 0 spiro atoms. The molecule has 0 aliphatic carbocycles. The number of carbonyl (C=O) groups is 1. The minimum Gasteiger partial charge on any atom is -0.463 e. The van der Waals surface area contributed by atoms with Crippen molar-refractivity contribution in [3.05, 3.63) is 40.7 Å². The van der Waals surface area contributed by atoms with E-state index in [1.807, 2.05) is 0 Å². The number of rotatable bonds is 8.